The van der Waals surface area contributed by atoms with E-state index in [2.05, 4.69) is 15.4 Å². The van der Waals surface area contributed by atoms with Gasteiger partial charge in [-0.05, 0) is 43.7 Å². The minimum Gasteiger partial charge on any atom is -0.490 e. The number of anilines is 1. The van der Waals surface area contributed by atoms with E-state index in [1.165, 1.54) is 18.3 Å². The number of amides is 1. The molecule has 0 fully saturated rings. The number of nitrogens with one attached hydrogen (secondary N) is 1. The zero-order chi connectivity index (χ0) is 30.3. The summed E-state index contributed by atoms with van der Waals surface area (Å²) in [6.45, 7) is 3.25. The van der Waals surface area contributed by atoms with Gasteiger partial charge in [-0.1, -0.05) is 60.7 Å². The fourth-order valence-electron chi connectivity index (χ4n) is 4.39. The van der Waals surface area contributed by atoms with Crippen molar-refractivity contribution in [3.8, 4) is 22.9 Å². The molecule has 0 saturated heterocycles. The number of hydrogen-bond donors (Lipinski definition) is 1. The minimum absolute atomic E-state index is 0.0501. The number of hydrogen-bond acceptors (Lipinski definition) is 8. The second-order valence-electron chi connectivity index (χ2n) is 9.39. The Hall–Kier alpha value is -5.84. The predicted molar refractivity (Wildman–Crippen MR) is 164 cm³/mol. The first-order valence-corrected chi connectivity index (χ1v) is 13.4. The first kappa shape index (κ1) is 28.7. The summed E-state index contributed by atoms with van der Waals surface area (Å²) in [6, 6.07) is 26.0. The summed E-state index contributed by atoms with van der Waals surface area (Å²) in [5.41, 5.74) is 2.08. The lowest BCUT2D eigenvalue weighted by atomic mass is 10.1. The van der Waals surface area contributed by atoms with E-state index in [9.17, 15) is 19.7 Å². The molecule has 43 heavy (non-hydrogen) atoms. The molecule has 216 valence electrons. The van der Waals surface area contributed by atoms with Crippen LogP contribution in [0.25, 0.3) is 22.3 Å². The average molecular weight is 578 g/mol. The summed E-state index contributed by atoms with van der Waals surface area (Å²) in [4.78, 5) is 42.2. The Morgan fingerprint density at radius 1 is 1.02 bits per heavy atom. The number of aryl methyl sites for hydroxylation is 1. The van der Waals surface area contributed by atoms with Crippen molar-refractivity contribution in [3.63, 3.8) is 0 Å². The van der Waals surface area contributed by atoms with Gasteiger partial charge in [-0.25, -0.2) is 4.98 Å². The van der Waals surface area contributed by atoms with Gasteiger partial charge in [0.05, 0.1) is 28.6 Å². The Kier molecular flexibility index (Phi) is 8.52. The van der Waals surface area contributed by atoms with E-state index >= 15 is 0 Å². The quantitative estimate of drug-likeness (QED) is 0.130. The van der Waals surface area contributed by atoms with Crippen molar-refractivity contribution >= 4 is 34.4 Å². The van der Waals surface area contributed by atoms with E-state index in [-0.39, 0.29) is 23.7 Å². The number of aromatic nitrogens is 2. The van der Waals surface area contributed by atoms with Crippen molar-refractivity contribution in [1.82, 2.24) is 9.66 Å². The van der Waals surface area contributed by atoms with Crippen LogP contribution in [0.1, 0.15) is 18.1 Å². The van der Waals surface area contributed by atoms with Gasteiger partial charge < -0.3 is 14.8 Å². The highest BCUT2D eigenvalue weighted by Crippen LogP contribution is 2.38. The van der Waals surface area contributed by atoms with Crippen molar-refractivity contribution in [2.45, 2.75) is 13.8 Å². The molecule has 0 saturated carbocycles. The fourth-order valence-corrected chi connectivity index (χ4v) is 4.39. The number of nitro benzene ring substituents is 1. The third-order valence-corrected chi connectivity index (χ3v) is 6.43. The number of ether oxygens (including phenoxy) is 2. The van der Waals surface area contributed by atoms with Crippen LogP contribution >= 0.6 is 0 Å². The lowest BCUT2D eigenvalue weighted by Gasteiger charge is -2.14. The molecule has 0 aliphatic carbocycles. The first-order valence-electron chi connectivity index (χ1n) is 13.4. The van der Waals surface area contributed by atoms with Crippen molar-refractivity contribution < 1.29 is 19.2 Å². The zero-order valence-corrected chi connectivity index (χ0v) is 23.4. The minimum atomic E-state index is -0.631. The number of para-hydroxylation sites is 2. The van der Waals surface area contributed by atoms with Gasteiger partial charge in [-0.15, -0.1) is 0 Å². The van der Waals surface area contributed by atoms with Gasteiger partial charge in [0, 0.05) is 22.9 Å². The van der Waals surface area contributed by atoms with Crippen molar-refractivity contribution in [2.75, 3.05) is 18.5 Å². The molecule has 1 amide bonds. The summed E-state index contributed by atoms with van der Waals surface area (Å²) in [5, 5.41) is 19.6. The summed E-state index contributed by atoms with van der Waals surface area (Å²) < 4.78 is 12.4. The lowest BCUT2D eigenvalue weighted by Crippen LogP contribution is -2.21. The van der Waals surface area contributed by atoms with E-state index < -0.39 is 28.7 Å². The summed E-state index contributed by atoms with van der Waals surface area (Å²) in [7, 11) is 0. The molecule has 1 heterocycles. The van der Waals surface area contributed by atoms with Crippen LogP contribution in [0, 0.1) is 17.0 Å². The maximum Gasteiger partial charge on any atom is 0.315 e. The van der Waals surface area contributed by atoms with E-state index in [4.69, 9.17) is 9.47 Å². The van der Waals surface area contributed by atoms with E-state index in [0.29, 0.717) is 28.0 Å². The van der Waals surface area contributed by atoms with Crippen LogP contribution in [0.3, 0.4) is 0 Å². The van der Waals surface area contributed by atoms with E-state index in [1.807, 2.05) is 49.4 Å². The summed E-state index contributed by atoms with van der Waals surface area (Å²) >= 11 is 0. The van der Waals surface area contributed by atoms with E-state index in [1.54, 1.807) is 43.3 Å². The highest BCUT2D eigenvalue weighted by molar-refractivity contribution is 5.93. The SMILES string of the molecule is CCOc1cc(C=Nn2c(-c3ccccc3)nc3ccccc3c2=O)cc([N+](=O)[O-])c1OCC(=O)Nc1ccccc1C. The maximum absolute atomic E-state index is 13.5. The fraction of sp³-hybridized carbons (Fsp3) is 0.125. The van der Waals surface area contributed by atoms with Gasteiger partial charge in [0.1, 0.15) is 0 Å². The Labute approximate surface area is 246 Å². The Morgan fingerprint density at radius 3 is 2.49 bits per heavy atom. The molecule has 4 aromatic carbocycles. The third-order valence-electron chi connectivity index (χ3n) is 6.43. The number of nitrogens with zero attached hydrogens (tertiary/aromatic N) is 4. The molecule has 0 aliphatic rings. The smallest absolute Gasteiger partial charge is 0.315 e. The summed E-state index contributed by atoms with van der Waals surface area (Å²) in [5.74, 6) is -0.333. The van der Waals surface area contributed by atoms with Crippen LogP contribution < -0.4 is 20.3 Å². The average Bonchev–Trinajstić information content (AvgIpc) is 3.01. The number of nitro groups is 1. The molecule has 5 rings (SSSR count). The zero-order valence-electron chi connectivity index (χ0n) is 23.4. The van der Waals surface area contributed by atoms with E-state index in [0.717, 1.165) is 10.2 Å². The Balaban J connectivity index is 1.51. The Morgan fingerprint density at radius 2 is 1.74 bits per heavy atom. The molecule has 0 radical (unpaired) electrons. The van der Waals surface area contributed by atoms with Crippen molar-refractivity contribution in [1.29, 1.82) is 0 Å². The third kappa shape index (κ3) is 6.41. The number of benzene rings is 4. The number of fused-ring (bicyclic) bond motifs is 1. The largest absolute Gasteiger partial charge is 0.490 e. The van der Waals surface area contributed by atoms with Gasteiger partial charge in [0.25, 0.3) is 11.5 Å². The van der Waals surface area contributed by atoms with Gasteiger partial charge in [0.15, 0.2) is 18.2 Å². The van der Waals surface area contributed by atoms with Crippen molar-refractivity contribution in [3.05, 3.63) is 123 Å². The molecular formula is C32H27N5O6. The van der Waals surface area contributed by atoms with Crippen LogP contribution in [-0.2, 0) is 4.79 Å². The second-order valence-corrected chi connectivity index (χ2v) is 9.39. The van der Waals surface area contributed by atoms with Crippen LogP contribution in [0.2, 0.25) is 0 Å². The number of carbonyl (C=O) groups is 1. The predicted octanol–water partition coefficient (Wildman–Crippen LogP) is 5.58. The standard InChI is InChI=1S/C32H27N5O6/c1-3-42-28-18-22(17-27(37(40)41)30(28)43-20-29(38)34-25-15-9-7-11-21(25)2)19-33-36-31(23-12-5-4-6-13-23)35-26-16-10-8-14-24(26)32(36)39/h4-19H,3,20H2,1-2H3,(H,34,38). The molecule has 0 bridgehead atoms. The monoisotopic (exact) mass is 577 g/mol. The van der Waals surface area contributed by atoms with Gasteiger partial charge in [0.2, 0.25) is 5.75 Å². The summed E-state index contributed by atoms with van der Waals surface area (Å²) in [6.07, 6.45) is 1.31. The highest BCUT2D eigenvalue weighted by Gasteiger charge is 2.24. The van der Waals surface area contributed by atoms with Crippen LogP contribution in [0.15, 0.2) is 101 Å². The van der Waals surface area contributed by atoms with Crippen molar-refractivity contribution in [2.24, 2.45) is 5.10 Å². The molecule has 5 aromatic rings. The molecule has 0 spiro atoms. The molecular weight excluding hydrogens is 550 g/mol. The molecule has 1 aromatic heterocycles. The topological polar surface area (TPSA) is 138 Å². The van der Waals surface area contributed by atoms with Gasteiger partial charge in [-0.2, -0.15) is 9.78 Å². The molecule has 11 nitrogen and oxygen atoms in total. The molecule has 11 heteroatoms. The first-order chi connectivity index (χ1) is 20.9. The van der Waals surface area contributed by atoms with Crippen LogP contribution in [0.5, 0.6) is 11.5 Å². The van der Waals surface area contributed by atoms with Crippen LogP contribution in [0.4, 0.5) is 11.4 Å². The maximum atomic E-state index is 13.5. The van der Waals surface area contributed by atoms with Crippen LogP contribution in [-0.4, -0.2) is 39.9 Å². The number of rotatable bonds is 10. The second kappa shape index (κ2) is 12.8. The molecule has 0 unspecified atom stereocenters. The molecule has 0 aliphatic heterocycles. The normalized spacial score (nSPS) is 11.0. The lowest BCUT2D eigenvalue weighted by molar-refractivity contribution is -0.385. The number of carbonyl (C=O) groups excluding carboxylic acids is 1. The molecule has 1 N–H and O–H groups in total. The Bertz CT molecular complexity index is 1900. The highest BCUT2D eigenvalue weighted by atomic mass is 16.6. The molecule has 0 atom stereocenters. The van der Waals surface area contributed by atoms with Gasteiger partial charge in [-0.3, -0.25) is 19.7 Å². The van der Waals surface area contributed by atoms with Gasteiger partial charge >= 0.3 is 5.69 Å².